The van der Waals surface area contributed by atoms with Crippen LogP contribution in [0.25, 0.3) is 0 Å². The topological polar surface area (TPSA) is 41.1 Å². The molecule has 0 aromatic rings. The van der Waals surface area contributed by atoms with Gasteiger partial charge in [0.05, 0.1) is 0 Å². The first-order chi connectivity index (χ1) is 2.81. The van der Waals surface area contributed by atoms with E-state index >= 15 is 0 Å². The fourth-order valence-electron chi connectivity index (χ4n) is 0.112. The number of nitrogens with one attached hydrogen (secondary N) is 2. The maximum Gasteiger partial charge on any atom is 0.531 e. The van der Waals surface area contributed by atoms with Crippen LogP contribution in [-0.2, 0) is 4.57 Å². The molecule has 0 rings (SSSR count). The van der Waals surface area contributed by atoms with E-state index in [0.717, 1.165) is 0 Å². The highest BCUT2D eigenvalue weighted by molar-refractivity contribution is 7.39. The van der Waals surface area contributed by atoms with Crippen LogP contribution in [-0.4, -0.2) is 14.1 Å². The van der Waals surface area contributed by atoms with E-state index in [9.17, 15) is 4.57 Å². The highest BCUT2D eigenvalue weighted by Crippen LogP contribution is 1.99. The summed E-state index contributed by atoms with van der Waals surface area (Å²) in [6.07, 6.45) is 0. The lowest BCUT2D eigenvalue weighted by Crippen LogP contribution is -2.02. The van der Waals surface area contributed by atoms with E-state index in [1.807, 2.05) is 0 Å². The Labute approximate surface area is 38.0 Å². The standard InChI is InChI=1S/C2H8N2OP/c1-3-6(5)4-2/h1-2H3,(H2,3,4,5)/q+1. The van der Waals surface area contributed by atoms with E-state index in [-0.39, 0.29) is 0 Å². The molecule has 0 bridgehead atoms. The maximum atomic E-state index is 10.1. The molecule has 4 heteroatoms. The summed E-state index contributed by atoms with van der Waals surface area (Å²) >= 11 is 0. The molecule has 0 fully saturated rings. The smallest absolute Gasteiger partial charge is 0.0945 e. The summed E-state index contributed by atoms with van der Waals surface area (Å²) in [5.74, 6) is 0. The quantitative estimate of drug-likeness (QED) is 0.491. The summed E-state index contributed by atoms with van der Waals surface area (Å²) in [5.41, 5.74) is 0. The normalized spacial score (nSPS) is 8.33. The number of rotatable bonds is 2. The molecule has 0 aliphatic heterocycles. The molecule has 0 aliphatic carbocycles. The van der Waals surface area contributed by atoms with Crippen molar-refractivity contribution in [2.24, 2.45) is 0 Å². The van der Waals surface area contributed by atoms with Crippen LogP contribution in [0.3, 0.4) is 0 Å². The molecule has 0 aromatic heterocycles. The molecule has 2 N–H and O–H groups in total. The van der Waals surface area contributed by atoms with Gasteiger partial charge in [-0.25, -0.2) is 0 Å². The minimum atomic E-state index is -1.33. The van der Waals surface area contributed by atoms with Gasteiger partial charge in [0.15, 0.2) is 0 Å². The first-order valence-corrected chi connectivity index (χ1v) is 2.89. The second kappa shape index (κ2) is 3.22. The second-order valence-corrected chi connectivity index (χ2v) is 2.22. The summed E-state index contributed by atoms with van der Waals surface area (Å²) in [6, 6.07) is 0. The van der Waals surface area contributed by atoms with E-state index in [1.165, 1.54) is 0 Å². The molecule has 0 amide bonds. The SMILES string of the molecule is CN[P+](=O)NC. The predicted octanol–water partition coefficient (Wildman–Crippen LogP) is 0.0826. The van der Waals surface area contributed by atoms with Crippen LogP contribution in [0.5, 0.6) is 0 Å². The Morgan fingerprint density at radius 3 is 1.67 bits per heavy atom. The van der Waals surface area contributed by atoms with Gasteiger partial charge in [0.2, 0.25) is 0 Å². The molecule has 0 unspecified atom stereocenters. The average Bonchev–Trinajstić information content (AvgIpc) is 1.65. The molecular weight excluding hydrogens is 99.0 g/mol. The van der Waals surface area contributed by atoms with E-state index in [0.29, 0.717) is 0 Å². The van der Waals surface area contributed by atoms with E-state index in [4.69, 9.17) is 0 Å². The Bertz CT molecular complexity index is 49.5. The van der Waals surface area contributed by atoms with Gasteiger partial charge in [0, 0.05) is 14.1 Å². The molecule has 0 heterocycles. The van der Waals surface area contributed by atoms with Gasteiger partial charge in [0.1, 0.15) is 0 Å². The maximum absolute atomic E-state index is 10.1. The number of hydrogen-bond donors (Lipinski definition) is 2. The van der Waals surface area contributed by atoms with Crippen LogP contribution in [0.2, 0.25) is 0 Å². The molecule has 0 saturated heterocycles. The van der Waals surface area contributed by atoms with Gasteiger partial charge in [-0.15, -0.1) is 0 Å². The largest absolute Gasteiger partial charge is 0.531 e. The summed E-state index contributed by atoms with van der Waals surface area (Å²) in [5, 5.41) is 5.03. The minimum absolute atomic E-state index is 1.33. The molecule has 0 aliphatic rings. The van der Waals surface area contributed by atoms with Crippen molar-refractivity contribution >= 4 is 8.10 Å². The first kappa shape index (κ1) is 6.02. The zero-order valence-electron chi connectivity index (χ0n) is 3.86. The second-order valence-electron chi connectivity index (χ2n) is 0.742. The average molecular weight is 107 g/mol. The molecule has 0 radical (unpaired) electrons. The van der Waals surface area contributed by atoms with Crippen LogP contribution in [0.15, 0.2) is 0 Å². The third kappa shape index (κ3) is 2.27. The van der Waals surface area contributed by atoms with Gasteiger partial charge < -0.3 is 0 Å². The van der Waals surface area contributed by atoms with Crippen LogP contribution in [0.4, 0.5) is 0 Å². The van der Waals surface area contributed by atoms with Gasteiger partial charge in [-0.05, 0) is 4.57 Å². The van der Waals surface area contributed by atoms with E-state index < -0.39 is 8.10 Å². The molecule has 0 atom stereocenters. The summed E-state index contributed by atoms with van der Waals surface area (Å²) in [7, 11) is 1.94. The fourth-order valence-corrected chi connectivity index (χ4v) is 0.335. The monoisotopic (exact) mass is 107 g/mol. The van der Waals surface area contributed by atoms with Crippen molar-refractivity contribution < 1.29 is 4.57 Å². The van der Waals surface area contributed by atoms with Crippen molar-refractivity contribution in [1.82, 2.24) is 10.2 Å². The van der Waals surface area contributed by atoms with Gasteiger partial charge in [0.25, 0.3) is 0 Å². The van der Waals surface area contributed by atoms with Gasteiger partial charge >= 0.3 is 8.10 Å². The number of hydrogen-bond acceptors (Lipinski definition) is 1. The van der Waals surface area contributed by atoms with Crippen LogP contribution in [0, 0.1) is 0 Å². The van der Waals surface area contributed by atoms with Crippen molar-refractivity contribution in [3.8, 4) is 0 Å². The lowest BCUT2D eigenvalue weighted by Gasteiger charge is -1.70. The third-order valence-corrected chi connectivity index (χ3v) is 1.22. The van der Waals surface area contributed by atoms with Crippen molar-refractivity contribution in [1.29, 1.82) is 0 Å². The zero-order valence-corrected chi connectivity index (χ0v) is 4.75. The molecule has 0 aromatic carbocycles. The zero-order chi connectivity index (χ0) is 4.99. The van der Waals surface area contributed by atoms with Crippen molar-refractivity contribution in [2.75, 3.05) is 14.1 Å². The third-order valence-electron chi connectivity index (χ3n) is 0.406. The fraction of sp³-hybridized carbons (Fsp3) is 1.00. The molecule has 6 heavy (non-hydrogen) atoms. The van der Waals surface area contributed by atoms with Gasteiger partial charge in [-0.1, -0.05) is 10.2 Å². The Balaban J connectivity index is 2.99. The molecule has 0 spiro atoms. The van der Waals surface area contributed by atoms with Crippen LogP contribution in [0.1, 0.15) is 0 Å². The Hall–Kier alpha value is 0.0200. The lowest BCUT2D eigenvalue weighted by molar-refractivity contribution is 0.578. The van der Waals surface area contributed by atoms with E-state index in [2.05, 4.69) is 10.2 Å². The van der Waals surface area contributed by atoms with E-state index in [1.54, 1.807) is 14.1 Å². The van der Waals surface area contributed by atoms with Crippen LogP contribution < -0.4 is 10.2 Å². The minimum Gasteiger partial charge on any atom is -0.0945 e. The van der Waals surface area contributed by atoms with Crippen molar-refractivity contribution in [3.05, 3.63) is 0 Å². The highest BCUT2D eigenvalue weighted by atomic mass is 31.1. The predicted molar refractivity (Wildman–Crippen MR) is 25.7 cm³/mol. The van der Waals surface area contributed by atoms with Gasteiger partial charge in [-0.2, -0.15) is 0 Å². The van der Waals surface area contributed by atoms with Crippen LogP contribution >= 0.6 is 8.10 Å². The first-order valence-electron chi connectivity index (χ1n) is 1.63. The Kier molecular flexibility index (Phi) is 3.23. The molecule has 36 valence electrons. The summed E-state index contributed by atoms with van der Waals surface area (Å²) in [6.45, 7) is 0. The lowest BCUT2D eigenvalue weighted by atomic mass is 11.6. The summed E-state index contributed by atoms with van der Waals surface area (Å²) in [4.78, 5) is 0. The summed E-state index contributed by atoms with van der Waals surface area (Å²) < 4.78 is 10.1. The Morgan fingerprint density at radius 2 is 1.67 bits per heavy atom. The molecule has 3 nitrogen and oxygen atoms in total. The molecule has 0 saturated carbocycles. The Morgan fingerprint density at radius 1 is 1.33 bits per heavy atom. The highest BCUT2D eigenvalue weighted by Gasteiger charge is 2.02. The van der Waals surface area contributed by atoms with Gasteiger partial charge in [-0.3, -0.25) is 0 Å². The molecular formula is C2H8N2OP+. The van der Waals surface area contributed by atoms with Crippen molar-refractivity contribution in [3.63, 3.8) is 0 Å². The van der Waals surface area contributed by atoms with Crippen molar-refractivity contribution in [2.45, 2.75) is 0 Å².